The maximum Gasteiger partial charge on any atom is 0.237 e. The van der Waals surface area contributed by atoms with Crippen molar-refractivity contribution in [2.24, 2.45) is 5.73 Å². The zero-order valence-corrected chi connectivity index (χ0v) is 18.6. The van der Waals surface area contributed by atoms with Crippen LogP contribution in [0.4, 0.5) is 0 Å². The SMILES string of the molecule is Cl.Cl.NC(Cc1ccccc1)C(=O)NCc1ccccc1OCCN1CCOCC1. The summed E-state index contributed by atoms with van der Waals surface area (Å²) >= 11 is 0. The summed E-state index contributed by atoms with van der Waals surface area (Å²) in [6.45, 7) is 5.33. The zero-order valence-electron chi connectivity index (χ0n) is 17.0. The Labute approximate surface area is 190 Å². The van der Waals surface area contributed by atoms with Crippen LogP contribution in [0.5, 0.6) is 5.75 Å². The van der Waals surface area contributed by atoms with Gasteiger partial charge in [0.2, 0.25) is 5.91 Å². The molecule has 166 valence electrons. The van der Waals surface area contributed by atoms with Crippen molar-refractivity contribution in [1.29, 1.82) is 0 Å². The molecular weight excluding hydrogens is 425 g/mol. The maximum atomic E-state index is 12.4. The highest BCUT2D eigenvalue weighted by molar-refractivity contribution is 5.85. The lowest BCUT2D eigenvalue weighted by Crippen LogP contribution is -2.41. The largest absolute Gasteiger partial charge is 0.492 e. The molecule has 3 N–H and O–H groups in total. The van der Waals surface area contributed by atoms with Gasteiger partial charge in [-0.3, -0.25) is 9.69 Å². The van der Waals surface area contributed by atoms with Gasteiger partial charge in [-0.15, -0.1) is 24.8 Å². The van der Waals surface area contributed by atoms with Gasteiger partial charge in [-0.05, 0) is 18.1 Å². The van der Waals surface area contributed by atoms with Crippen LogP contribution in [-0.2, 0) is 22.5 Å². The van der Waals surface area contributed by atoms with E-state index in [1.54, 1.807) is 0 Å². The van der Waals surface area contributed by atoms with Crippen molar-refractivity contribution in [3.8, 4) is 5.75 Å². The summed E-state index contributed by atoms with van der Waals surface area (Å²) in [4.78, 5) is 14.7. The van der Waals surface area contributed by atoms with E-state index in [9.17, 15) is 4.79 Å². The first kappa shape index (κ1) is 26.2. The van der Waals surface area contributed by atoms with E-state index >= 15 is 0 Å². The summed E-state index contributed by atoms with van der Waals surface area (Å²) in [7, 11) is 0. The molecule has 0 spiro atoms. The van der Waals surface area contributed by atoms with Gasteiger partial charge in [0.1, 0.15) is 12.4 Å². The third kappa shape index (κ3) is 8.50. The molecule has 0 aliphatic carbocycles. The highest BCUT2D eigenvalue weighted by Crippen LogP contribution is 2.18. The van der Waals surface area contributed by atoms with Gasteiger partial charge in [0.15, 0.2) is 0 Å². The lowest BCUT2D eigenvalue weighted by Gasteiger charge is -2.26. The highest BCUT2D eigenvalue weighted by atomic mass is 35.5. The second kappa shape index (κ2) is 14.2. The molecule has 1 saturated heterocycles. The second-order valence-electron chi connectivity index (χ2n) is 6.92. The number of morpholine rings is 1. The molecule has 0 saturated carbocycles. The Kier molecular flexibility index (Phi) is 12.4. The molecule has 0 radical (unpaired) electrons. The van der Waals surface area contributed by atoms with Gasteiger partial charge in [-0.1, -0.05) is 48.5 Å². The molecule has 1 atom stereocenters. The fourth-order valence-corrected chi connectivity index (χ4v) is 3.17. The number of nitrogens with zero attached hydrogens (tertiary/aromatic N) is 1. The van der Waals surface area contributed by atoms with Crippen molar-refractivity contribution in [3.05, 3.63) is 65.7 Å². The Morgan fingerprint density at radius 2 is 1.73 bits per heavy atom. The van der Waals surface area contributed by atoms with E-state index in [-0.39, 0.29) is 30.7 Å². The zero-order chi connectivity index (χ0) is 19.6. The number of nitrogens with two attached hydrogens (primary N) is 1. The van der Waals surface area contributed by atoms with E-state index in [4.69, 9.17) is 15.2 Å². The van der Waals surface area contributed by atoms with E-state index in [0.29, 0.717) is 19.6 Å². The highest BCUT2D eigenvalue weighted by Gasteiger charge is 2.15. The number of amides is 1. The first-order chi connectivity index (χ1) is 13.7. The first-order valence-corrected chi connectivity index (χ1v) is 9.80. The summed E-state index contributed by atoms with van der Waals surface area (Å²) in [5.74, 6) is 0.639. The van der Waals surface area contributed by atoms with Crippen LogP contribution in [0.15, 0.2) is 54.6 Å². The van der Waals surface area contributed by atoms with Crippen molar-refractivity contribution in [2.75, 3.05) is 39.5 Å². The molecule has 2 aromatic rings. The quantitative estimate of drug-likeness (QED) is 0.606. The van der Waals surface area contributed by atoms with Crippen molar-refractivity contribution in [2.45, 2.75) is 19.0 Å². The van der Waals surface area contributed by atoms with Gasteiger partial charge in [-0.25, -0.2) is 0 Å². The van der Waals surface area contributed by atoms with Crippen LogP contribution in [0.3, 0.4) is 0 Å². The van der Waals surface area contributed by atoms with Gasteiger partial charge >= 0.3 is 0 Å². The van der Waals surface area contributed by atoms with Crippen molar-refractivity contribution >= 4 is 30.7 Å². The number of nitrogens with one attached hydrogen (secondary N) is 1. The Morgan fingerprint density at radius 3 is 2.47 bits per heavy atom. The predicted octanol–water partition coefficient (Wildman–Crippen LogP) is 2.43. The Morgan fingerprint density at radius 1 is 1.07 bits per heavy atom. The molecule has 0 aromatic heterocycles. The Hall–Kier alpha value is -1.83. The molecule has 2 aromatic carbocycles. The van der Waals surface area contributed by atoms with E-state index < -0.39 is 6.04 Å². The monoisotopic (exact) mass is 455 g/mol. The van der Waals surface area contributed by atoms with Crippen molar-refractivity contribution < 1.29 is 14.3 Å². The molecule has 1 fully saturated rings. The van der Waals surface area contributed by atoms with E-state index in [0.717, 1.165) is 49.7 Å². The van der Waals surface area contributed by atoms with Crippen LogP contribution in [0.2, 0.25) is 0 Å². The number of hydrogen-bond acceptors (Lipinski definition) is 5. The van der Waals surface area contributed by atoms with E-state index in [2.05, 4.69) is 10.2 Å². The lowest BCUT2D eigenvalue weighted by molar-refractivity contribution is -0.122. The lowest BCUT2D eigenvalue weighted by atomic mass is 10.1. The topological polar surface area (TPSA) is 76.8 Å². The third-order valence-corrected chi connectivity index (χ3v) is 4.83. The molecule has 0 bridgehead atoms. The summed E-state index contributed by atoms with van der Waals surface area (Å²) in [5, 5.41) is 2.93. The number of benzene rings is 2. The van der Waals surface area contributed by atoms with Crippen LogP contribution < -0.4 is 15.8 Å². The van der Waals surface area contributed by atoms with Crippen molar-refractivity contribution in [3.63, 3.8) is 0 Å². The standard InChI is InChI=1S/C22H29N3O3.2ClH/c23-20(16-18-6-2-1-3-7-18)22(26)24-17-19-8-4-5-9-21(19)28-15-12-25-10-13-27-14-11-25;;/h1-9,20H,10-17,23H2,(H,24,26);2*1H. The fourth-order valence-electron chi connectivity index (χ4n) is 3.17. The Bertz CT molecular complexity index is 743. The van der Waals surface area contributed by atoms with Gasteiger partial charge in [0, 0.05) is 31.7 Å². The average molecular weight is 456 g/mol. The minimum atomic E-state index is -0.572. The average Bonchev–Trinajstić information content (AvgIpc) is 2.74. The number of ether oxygens (including phenoxy) is 2. The molecule has 6 nitrogen and oxygen atoms in total. The summed E-state index contributed by atoms with van der Waals surface area (Å²) in [6, 6.07) is 17.0. The number of carbonyl (C=O) groups excluding carboxylic acids is 1. The van der Waals surface area contributed by atoms with Gasteiger partial charge in [0.25, 0.3) is 0 Å². The summed E-state index contributed by atoms with van der Waals surface area (Å²) < 4.78 is 11.3. The van der Waals surface area contributed by atoms with E-state index in [1.807, 2.05) is 54.6 Å². The van der Waals surface area contributed by atoms with Gasteiger partial charge < -0.3 is 20.5 Å². The smallest absolute Gasteiger partial charge is 0.237 e. The Balaban J connectivity index is 0.00000225. The molecule has 1 aliphatic rings. The minimum Gasteiger partial charge on any atom is -0.492 e. The molecule has 30 heavy (non-hydrogen) atoms. The fraction of sp³-hybridized carbons (Fsp3) is 0.409. The molecule has 1 amide bonds. The van der Waals surface area contributed by atoms with Crippen LogP contribution >= 0.6 is 24.8 Å². The predicted molar refractivity (Wildman–Crippen MR) is 124 cm³/mol. The molecule has 1 unspecified atom stereocenters. The number of hydrogen-bond donors (Lipinski definition) is 2. The number of para-hydroxylation sites is 1. The van der Waals surface area contributed by atoms with Crippen LogP contribution in [0, 0.1) is 0 Å². The van der Waals surface area contributed by atoms with Gasteiger partial charge in [0.05, 0.1) is 19.3 Å². The van der Waals surface area contributed by atoms with Crippen LogP contribution in [0.1, 0.15) is 11.1 Å². The molecular formula is C22H31Cl2N3O3. The summed E-state index contributed by atoms with van der Waals surface area (Å²) in [5.41, 5.74) is 8.06. The van der Waals surface area contributed by atoms with E-state index in [1.165, 1.54) is 0 Å². The van der Waals surface area contributed by atoms with Crippen LogP contribution in [-0.4, -0.2) is 56.3 Å². The molecule has 3 rings (SSSR count). The first-order valence-electron chi connectivity index (χ1n) is 9.80. The molecule has 8 heteroatoms. The van der Waals surface area contributed by atoms with Gasteiger partial charge in [-0.2, -0.15) is 0 Å². The number of halogens is 2. The van der Waals surface area contributed by atoms with Crippen molar-refractivity contribution in [1.82, 2.24) is 10.2 Å². The minimum absolute atomic E-state index is 0. The maximum absolute atomic E-state index is 12.4. The second-order valence-corrected chi connectivity index (χ2v) is 6.92. The van der Waals surface area contributed by atoms with Crippen LogP contribution in [0.25, 0.3) is 0 Å². The number of carbonyl (C=O) groups is 1. The molecule has 1 heterocycles. The summed E-state index contributed by atoms with van der Waals surface area (Å²) in [6.07, 6.45) is 0.518. The normalized spacial score (nSPS) is 14.7. The third-order valence-electron chi connectivity index (χ3n) is 4.83. The number of rotatable bonds is 9. The molecule has 1 aliphatic heterocycles.